The second kappa shape index (κ2) is 6.75. The Hall–Kier alpha value is 0.110. The fourth-order valence-corrected chi connectivity index (χ4v) is 2.42. The molecular weight excluding hydrogens is 230 g/mol. The second-order valence-electron chi connectivity index (χ2n) is 4.20. The van der Waals surface area contributed by atoms with Crippen LogP contribution in [0.2, 0.25) is 0 Å². The molecule has 3 unspecified atom stereocenters. The molecule has 0 spiro atoms. The first-order chi connectivity index (χ1) is 7.54. The van der Waals surface area contributed by atoms with Gasteiger partial charge in [-0.15, -0.1) is 0 Å². The first kappa shape index (κ1) is 14.2. The molecule has 0 aromatic carbocycles. The maximum absolute atomic E-state index is 9.60. The topological polar surface area (TPSA) is 88.0 Å². The number of nitrogens with one attached hydrogen (secondary N) is 2. The standard InChI is InChI=1S/C9H21N3O3S/c1-12(2)9-11-6(4-10-16-9)3-7(14)8(15)5-13/h6-11,13-15H,3-5H2,1-2H3/t6-,7?,8?,9?/m1/s1. The van der Waals surface area contributed by atoms with E-state index in [0.29, 0.717) is 6.42 Å². The molecule has 1 aliphatic rings. The van der Waals surface area contributed by atoms with Crippen molar-refractivity contribution >= 4 is 11.9 Å². The average Bonchev–Trinajstić information content (AvgIpc) is 2.28. The minimum Gasteiger partial charge on any atom is -0.394 e. The van der Waals surface area contributed by atoms with Crippen molar-refractivity contribution in [3.63, 3.8) is 0 Å². The summed E-state index contributed by atoms with van der Waals surface area (Å²) >= 11 is 1.59. The van der Waals surface area contributed by atoms with Crippen molar-refractivity contribution in [1.82, 2.24) is 14.9 Å². The van der Waals surface area contributed by atoms with Gasteiger partial charge in [0, 0.05) is 12.6 Å². The fourth-order valence-electron chi connectivity index (χ4n) is 1.50. The Balaban J connectivity index is 2.36. The van der Waals surface area contributed by atoms with Crippen LogP contribution in [0.15, 0.2) is 0 Å². The molecule has 0 radical (unpaired) electrons. The highest BCUT2D eigenvalue weighted by molar-refractivity contribution is 7.97. The molecule has 7 heteroatoms. The van der Waals surface area contributed by atoms with Crippen LogP contribution in [-0.2, 0) is 0 Å². The zero-order valence-corrected chi connectivity index (χ0v) is 10.4. The van der Waals surface area contributed by atoms with E-state index >= 15 is 0 Å². The summed E-state index contributed by atoms with van der Waals surface area (Å²) in [6.45, 7) is 0.317. The molecular formula is C9H21N3O3S. The summed E-state index contributed by atoms with van der Waals surface area (Å²) in [5, 5.41) is 30.9. The van der Waals surface area contributed by atoms with Gasteiger partial charge < -0.3 is 15.3 Å². The van der Waals surface area contributed by atoms with Gasteiger partial charge in [0.25, 0.3) is 0 Å². The van der Waals surface area contributed by atoms with E-state index in [1.54, 1.807) is 11.9 Å². The minimum absolute atomic E-state index is 0.0878. The summed E-state index contributed by atoms with van der Waals surface area (Å²) in [6.07, 6.45) is -1.54. The molecule has 1 fully saturated rings. The largest absolute Gasteiger partial charge is 0.394 e. The lowest BCUT2D eigenvalue weighted by Gasteiger charge is -2.35. The van der Waals surface area contributed by atoms with E-state index in [2.05, 4.69) is 10.0 Å². The van der Waals surface area contributed by atoms with Crippen molar-refractivity contribution in [3.8, 4) is 0 Å². The lowest BCUT2D eigenvalue weighted by atomic mass is 10.1. The van der Waals surface area contributed by atoms with Crippen molar-refractivity contribution in [2.75, 3.05) is 27.2 Å². The third-order valence-corrected chi connectivity index (χ3v) is 3.64. The van der Waals surface area contributed by atoms with E-state index in [1.165, 1.54) is 0 Å². The predicted octanol–water partition coefficient (Wildman–Crippen LogP) is -1.85. The number of hydrogen-bond acceptors (Lipinski definition) is 7. The van der Waals surface area contributed by atoms with Gasteiger partial charge in [0.1, 0.15) is 11.6 Å². The van der Waals surface area contributed by atoms with Gasteiger partial charge in [0.15, 0.2) is 0 Å². The average molecular weight is 251 g/mol. The number of rotatable bonds is 5. The Morgan fingerprint density at radius 2 is 2.06 bits per heavy atom. The zero-order valence-electron chi connectivity index (χ0n) is 9.63. The van der Waals surface area contributed by atoms with Crippen LogP contribution in [0.25, 0.3) is 0 Å². The molecule has 0 saturated carbocycles. The highest BCUT2D eigenvalue weighted by Crippen LogP contribution is 2.15. The van der Waals surface area contributed by atoms with E-state index < -0.39 is 18.8 Å². The summed E-state index contributed by atoms with van der Waals surface area (Å²) in [7, 11) is 3.93. The lowest BCUT2D eigenvalue weighted by molar-refractivity contribution is -0.0225. The molecule has 6 nitrogen and oxygen atoms in total. The maximum atomic E-state index is 9.60. The van der Waals surface area contributed by atoms with E-state index in [0.717, 1.165) is 6.54 Å². The van der Waals surface area contributed by atoms with E-state index in [-0.39, 0.29) is 11.5 Å². The highest BCUT2D eigenvalue weighted by atomic mass is 32.2. The van der Waals surface area contributed by atoms with Crippen LogP contribution < -0.4 is 10.0 Å². The van der Waals surface area contributed by atoms with E-state index in [1.807, 2.05) is 19.0 Å². The van der Waals surface area contributed by atoms with Crippen molar-refractivity contribution in [1.29, 1.82) is 0 Å². The Labute approximate surface area is 100 Å². The van der Waals surface area contributed by atoms with Gasteiger partial charge in [-0.3, -0.25) is 14.9 Å². The molecule has 1 aliphatic heterocycles. The predicted molar refractivity (Wildman–Crippen MR) is 63.7 cm³/mol. The maximum Gasteiger partial charge on any atom is 0.122 e. The summed E-state index contributed by atoms with van der Waals surface area (Å²) in [5.74, 6) is 0. The van der Waals surface area contributed by atoms with Crippen LogP contribution in [0.1, 0.15) is 6.42 Å². The zero-order chi connectivity index (χ0) is 12.1. The van der Waals surface area contributed by atoms with Crippen LogP contribution in [0.5, 0.6) is 0 Å². The first-order valence-corrected chi connectivity index (χ1v) is 6.20. The SMILES string of the molecule is CN(C)C1N[C@H](CC(O)C(O)CO)CNS1. The van der Waals surface area contributed by atoms with Gasteiger partial charge in [-0.05, 0) is 32.5 Å². The molecule has 0 aromatic rings. The molecule has 4 atom stereocenters. The molecule has 0 amide bonds. The molecule has 0 aliphatic carbocycles. The Morgan fingerprint density at radius 1 is 1.38 bits per heavy atom. The third kappa shape index (κ3) is 4.17. The Kier molecular flexibility index (Phi) is 5.98. The summed E-state index contributed by atoms with van der Waals surface area (Å²) in [6, 6.07) is 0.0878. The van der Waals surface area contributed by atoms with Crippen molar-refractivity contribution in [2.24, 2.45) is 0 Å². The monoisotopic (exact) mass is 251 g/mol. The van der Waals surface area contributed by atoms with Crippen LogP contribution in [0.3, 0.4) is 0 Å². The summed E-state index contributed by atoms with van der Waals surface area (Å²) in [4.78, 5) is 2.03. The lowest BCUT2D eigenvalue weighted by Crippen LogP contribution is -2.55. The Morgan fingerprint density at radius 3 is 2.62 bits per heavy atom. The quantitative estimate of drug-likeness (QED) is 0.366. The van der Waals surface area contributed by atoms with Crippen LogP contribution in [0.4, 0.5) is 0 Å². The van der Waals surface area contributed by atoms with Gasteiger partial charge >= 0.3 is 0 Å². The number of aliphatic hydroxyl groups excluding tert-OH is 3. The number of aliphatic hydroxyl groups is 3. The molecule has 1 rings (SSSR count). The van der Waals surface area contributed by atoms with Crippen LogP contribution in [-0.4, -0.2) is 71.2 Å². The molecule has 5 N–H and O–H groups in total. The highest BCUT2D eigenvalue weighted by Gasteiger charge is 2.26. The molecule has 1 saturated heterocycles. The first-order valence-electron chi connectivity index (χ1n) is 5.32. The number of nitrogens with zero attached hydrogens (tertiary/aromatic N) is 1. The van der Waals surface area contributed by atoms with Gasteiger partial charge in [-0.2, -0.15) is 0 Å². The molecule has 1 heterocycles. The van der Waals surface area contributed by atoms with Gasteiger partial charge in [-0.1, -0.05) is 0 Å². The summed E-state index contributed by atoms with van der Waals surface area (Å²) < 4.78 is 3.19. The van der Waals surface area contributed by atoms with E-state index in [9.17, 15) is 10.2 Å². The third-order valence-electron chi connectivity index (χ3n) is 2.53. The minimum atomic E-state index is -1.06. The second-order valence-corrected chi connectivity index (χ2v) is 5.17. The Bertz CT molecular complexity index is 208. The molecule has 0 bridgehead atoms. The van der Waals surface area contributed by atoms with Crippen molar-refractivity contribution in [2.45, 2.75) is 30.2 Å². The van der Waals surface area contributed by atoms with Crippen molar-refractivity contribution < 1.29 is 15.3 Å². The van der Waals surface area contributed by atoms with Crippen molar-refractivity contribution in [3.05, 3.63) is 0 Å². The molecule has 96 valence electrons. The normalized spacial score (nSPS) is 30.4. The van der Waals surface area contributed by atoms with Gasteiger partial charge in [-0.25, -0.2) is 0 Å². The van der Waals surface area contributed by atoms with Gasteiger partial charge in [0.2, 0.25) is 0 Å². The van der Waals surface area contributed by atoms with Crippen LogP contribution >= 0.6 is 11.9 Å². The van der Waals surface area contributed by atoms with Crippen LogP contribution in [0, 0.1) is 0 Å². The molecule has 0 aromatic heterocycles. The summed E-state index contributed by atoms with van der Waals surface area (Å²) in [5.41, 5.74) is 0.150. The van der Waals surface area contributed by atoms with E-state index in [4.69, 9.17) is 5.11 Å². The van der Waals surface area contributed by atoms with Gasteiger partial charge in [0.05, 0.1) is 12.7 Å². The smallest absolute Gasteiger partial charge is 0.122 e. The molecule has 16 heavy (non-hydrogen) atoms. The number of hydrogen-bond donors (Lipinski definition) is 5. The fraction of sp³-hybridized carbons (Fsp3) is 1.00.